The Morgan fingerprint density at radius 2 is 2.00 bits per heavy atom. The van der Waals surface area contributed by atoms with Gasteiger partial charge >= 0.3 is 6.18 Å². The average molecular weight is 288 g/mol. The number of rotatable bonds is 1. The van der Waals surface area contributed by atoms with E-state index in [1.807, 2.05) is 0 Å². The molecule has 3 heterocycles. The third kappa shape index (κ3) is 1.98. The lowest BCUT2D eigenvalue weighted by Gasteiger charge is -2.26. The Hall–Kier alpha value is -2.53. The molecule has 20 heavy (non-hydrogen) atoms. The van der Waals surface area contributed by atoms with Crippen molar-refractivity contribution in [2.45, 2.75) is 19.3 Å². The van der Waals surface area contributed by atoms with E-state index in [0.717, 1.165) is 4.57 Å². The van der Waals surface area contributed by atoms with Crippen LogP contribution in [0.5, 0.6) is 0 Å². The standard InChI is InChI=1S/C8H7F3N8O/c9-8(10,11)7-15-12-4-3-18(1-2-19(4)7)6(20)5-13-16-17-14-5/h1-3H2,(H,13,14,16,17). The summed E-state index contributed by atoms with van der Waals surface area (Å²) in [6.07, 6.45) is -4.56. The largest absolute Gasteiger partial charge is 0.451 e. The highest BCUT2D eigenvalue weighted by molar-refractivity contribution is 5.90. The highest BCUT2D eigenvalue weighted by Crippen LogP contribution is 2.29. The topological polar surface area (TPSA) is 105 Å². The van der Waals surface area contributed by atoms with Gasteiger partial charge in [0.05, 0.1) is 6.54 Å². The van der Waals surface area contributed by atoms with E-state index in [9.17, 15) is 18.0 Å². The number of H-pyrrole nitrogens is 1. The highest BCUT2D eigenvalue weighted by Gasteiger charge is 2.40. The number of nitrogens with zero attached hydrogens (tertiary/aromatic N) is 7. The molecule has 0 aromatic carbocycles. The zero-order valence-corrected chi connectivity index (χ0v) is 9.79. The molecule has 0 radical (unpaired) electrons. The summed E-state index contributed by atoms with van der Waals surface area (Å²) < 4.78 is 38.9. The van der Waals surface area contributed by atoms with E-state index in [0.29, 0.717) is 0 Å². The summed E-state index contributed by atoms with van der Waals surface area (Å²) in [6.45, 7) is -0.0429. The van der Waals surface area contributed by atoms with Crippen molar-refractivity contribution in [1.29, 1.82) is 0 Å². The number of carbonyl (C=O) groups excluding carboxylic acids is 1. The highest BCUT2D eigenvalue weighted by atomic mass is 19.4. The van der Waals surface area contributed by atoms with Gasteiger partial charge in [-0.25, -0.2) is 0 Å². The van der Waals surface area contributed by atoms with Gasteiger partial charge in [0, 0.05) is 13.1 Å². The Labute approximate surface area is 108 Å². The van der Waals surface area contributed by atoms with E-state index < -0.39 is 17.9 Å². The molecular weight excluding hydrogens is 281 g/mol. The lowest BCUT2D eigenvalue weighted by atomic mass is 10.3. The molecule has 0 spiro atoms. The first-order valence-corrected chi connectivity index (χ1v) is 5.49. The number of tetrazole rings is 1. The number of aromatic nitrogens is 7. The van der Waals surface area contributed by atoms with Crippen LogP contribution in [0.4, 0.5) is 13.2 Å². The maximum absolute atomic E-state index is 12.7. The number of hydrogen-bond acceptors (Lipinski definition) is 6. The summed E-state index contributed by atoms with van der Waals surface area (Å²) in [5, 5.41) is 19.0. The molecule has 0 saturated carbocycles. The Kier molecular flexibility index (Phi) is 2.65. The Balaban J connectivity index is 1.83. The zero-order valence-electron chi connectivity index (χ0n) is 9.79. The Bertz CT molecular complexity index is 633. The van der Waals surface area contributed by atoms with Crippen molar-refractivity contribution in [3.8, 4) is 0 Å². The number of amides is 1. The van der Waals surface area contributed by atoms with Gasteiger partial charge in [-0.15, -0.1) is 20.4 Å². The van der Waals surface area contributed by atoms with Crippen LogP contribution in [0.15, 0.2) is 0 Å². The monoisotopic (exact) mass is 288 g/mol. The molecule has 0 saturated heterocycles. The van der Waals surface area contributed by atoms with Crippen LogP contribution in [0, 0.1) is 0 Å². The van der Waals surface area contributed by atoms with Crippen molar-refractivity contribution in [3.05, 3.63) is 17.5 Å². The molecule has 106 valence electrons. The minimum Gasteiger partial charge on any atom is -0.326 e. The number of aromatic amines is 1. The van der Waals surface area contributed by atoms with Crippen molar-refractivity contribution in [3.63, 3.8) is 0 Å². The summed E-state index contributed by atoms with van der Waals surface area (Å²) in [7, 11) is 0. The third-order valence-electron chi connectivity index (χ3n) is 2.83. The quantitative estimate of drug-likeness (QED) is 0.756. The van der Waals surface area contributed by atoms with Crippen LogP contribution in [0.2, 0.25) is 0 Å². The van der Waals surface area contributed by atoms with Crippen LogP contribution in [-0.2, 0) is 19.3 Å². The van der Waals surface area contributed by atoms with Crippen molar-refractivity contribution in [1.82, 2.24) is 40.3 Å². The van der Waals surface area contributed by atoms with E-state index >= 15 is 0 Å². The first-order chi connectivity index (χ1) is 9.47. The maximum atomic E-state index is 12.7. The summed E-state index contributed by atoms with van der Waals surface area (Å²) >= 11 is 0. The fourth-order valence-corrected chi connectivity index (χ4v) is 1.93. The predicted molar refractivity (Wildman–Crippen MR) is 53.9 cm³/mol. The van der Waals surface area contributed by atoms with Gasteiger partial charge in [0.25, 0.3) is 11.7 Å². The van der Waals surface area contributed by atoms with Crippen LogP contribution in [0.3, 0.4) is 0 Å². The number of hydrogen-bond donors (Lipinski definition) is 1. The van der Waals surface area contributed by atoms with Crippen molar-refractivity contribution in [2.24, 2.45) is 0 Å². The minimum atomic E-state index is -4.56. The minimum absolute atomic E-state index is 0.0409. The van der Waals surface area contributed by atoms with Crippen molar-refractivity contribution >= 4 is 5.91 Å². The fraction of sp³-hybridized carbons (Fsp3) is 0.500. The normalized spacial score (nSPS) is 15.2. The molecule has 0 fully saturated rings. The third-order valence-corrected chi connectivity index (χ3v) is 2.83. The Morgan fingerprint density at radius 1 is 1.20 bits per heavy atom. The molecule has 2 aromatic heterocycles. The van der Waals surface area contributed by atoms with Gasteiger partial charge in [-0.2, -0.15) is 18.4 Å². The molecule has 3 rings (SSSR count). The van der Waals surface area contributed by atoms with E-state index in [2.05, 4.69) is 30.8 Å². The molecule has 1 N–H and O–H groups in total. The van der Waals surface area contributed by atoms with Crippen LogP contribution in [-0.4, -0.2) is 52.7 Å². The summed E-state index contributed by atoms with van der Waals surface area (Å²) in [4.78, 5) is 13.2. The second-order valence-electron chi connectivity index (χ2n) is 4.05. The molecule has 0 atom stereocenters. The average Bonchev–Trinajstić information content (AvgIpc) is 3.05. The summed E-state index contributed by atoms with van der Waals surface area (Å²) in [6, 6.07) is 0. The lowest BCUT2D eigenvalue weighted by Crippen LogP contribution is -2.39. The number of alkyl halides is 3. The van der Waals surface area contributed by atoms with Crippen LogP contribution >= 0.6 is 0 Å². The molecule has 1 amide bonds. The molecule has 1 aliphatic rings. The molecule has 0 aliphatic carbocycles. The molecule has 0 unspecified atom stereocenters. The van der Waals surface area contributed by atoms with Crippen molar-refractivity contribution in [2.75, 3.05) is 6.54 Å². The molecule has 1 aliphatic heterocycles. The summed E-state index contributed by atoms with van der Waals surface area (Å²) in [5.41, 5.74) is 0. The molecular formula is C8H7F3N8O. The molecule has 12 heteroatoms. The van der Waals surface area contributed by atoms with Gasteiger partial charge in [0.1, 0.15) is 0 Å². The van der Waals surface area contributed by atoms with E-state index in [1.54, 1.807) is 0 Å². The SMILES string of the molecule is O=C(c1nn[nH]n1)N1CCn2c(nnc2C(F)(F)F)C1. The van der Waals surface area contributed by atoms with E-state index in [4.69, 9.17) is 0 Å². The number of carbonyl (C=O) groups is 1. The Morgan fingerprint density at radius 3 is 2.65 bits per heavy atom. The number of fused-ring (bicyclic) bond motifs is 1. The second-order valence-corrected chi connectivity index (χ2v) is 4.05. The van der Waals surface area contributed by atoms with Gasteiger partial charge < -0.3 is 9.47 Å². The molecule has 0 bridgehead atoms. The fourth-order valence-electron chi connectivity index (χ4n) is 1.93. The molecule has 2 aromatic rings. The van der Waals surface area contributed by atoms with Gasteiger partial charge in [0.2, 0.25) is 5.82 Å². The van der Waals surface area contributed by atoms with Crippen molar-refractivity contribution < 1.29 is 18.0 Å². The van der Waals surface area contributed by atoms with Gasteiger partial charge in [-0.05, 0) is 5.21 Å². The van der Waals surface area contributed by atoms with Gasteiger partial charge in [0.15, 0.2) is 5.82 Å². The second kappa shape index (κ2) is 4.25. The number of halogens is 3. The van der Waals surface area contributed by atoms with Gasteiger partial charge in [-0.3, -0.25) is 4.79 Å². The van der Waals surface area contributed by atoms with Gasteiger partial charge in [-0.1, -0.05) is 0 Å². The van der Waals surface area contributed by atoms with E-state index in [-0.39, 0.29) is 31.3 Å². The van der Waals surface area contributed by atoms with Crippen LogP contribution < -0.4 is 0 Å². The first-order valence-electron chi connectivity index (χ1n) is 5.49. The number of nitrogens with one attached hydrogen (secondary N) is 1. The first kappa shape index (κ1) is 12.5. The van der Waals surface area contributed by atoms with Crippen LogP contribution in [0.25, 0.3) is 0 Å². The smallest absolute Gasteiger partial charge is 0.326 e. The maximum Gasteiger partial charge on any atom is 0.451 e. The predicted octanol–water partition coefficient (Wildman–Crippen LogP) is -0.534. The van der Waals surface area contributed by atoms with E-state index in [1.165, 1.54) is 4.90 Å². The summed E-state index contributed by atoms with van der Waals surface area (Å²) in [5.74, 6) is -1.66. The van der Waals surface area contributed by atoms with Crippen LogP contribution in [0.1, 0.15) is 22.3 Å². The zero-order chi connectivity index (χ0) is 14.3. The lowest BCUT2D eigenvalue weighted by molar-refractivity contribution is -0.147. The molecule has 9 nitrogen and oxygen atoms in total.